The summed E-state index contributed by atoms with van der Waals surface area (Å²) in [5.41, 5.74) is 3.63. The number of rotatable bonds is 3. The lowest BCUT2D eigenvalue weighted by Gasteiger charge is -2.12. The van der Waals surface area contributed by atoms with Gasteiger partial charge in [0.1, 0.15) is 5.75 Å². The second-order valence-corrected chi connectivity index (χ2v) is 4.21. The molecule has 0 radical (unpaired) electrons. The molecule has 0 saturated heterocycles. The molecule has 0 heterocycles. The van der Waals surface area contributed by atoms with Gasteiger partial charge in [-0.25, -0.2) is 0 Å². The highest BCUT2D eigenvalue weighted by Crippen LogP contribution is 2.34. The summed E-state index contributed by atoms with van der Waals surface area (Å²) < 4.78 is 5.32. The van der Waals surface area contributed by atoms with E-state index in [2.05, 4.69) is 6.07 Å². The lowest BCUT2D eigenvalue weighted by molar-refractivity contribution is 0.112. The van der Waals surface area contributed by atoms with Crippen LogP contribution in [0.25, 0.3) is 11.1 Å². The minimum absolute atomic E-state index is 0.477. The van der Waals surface area contributed by atoms with E-state index in [1.54, 1.807) is 18.2 Å². The lowest BCUT2D eigenvalue weighted by atomic mass is 9.96. The number of carbonyl (C=O) groups excluding carboxylic acids is 1. The van der Waals surface area contributed by atoms with Gasteiger partial charge in [0.05, 0.1) is 24.3 Å². The van der Waals surface area contributed by atoms with Crippen LogP contribution in [0, 0.1) is 18.3 Å². The molecular formula is C16H13NO2. The molecule has 0 spiro atoms. The standard InChI is InChI=1S/C16H13NO2/c1-11-6-7-12(9-17)15(8-11)14-5-3-4-13(10-18)16(14)19-2/h3-8,10H,1-2H3. The smallest absolute Gasteiger partial charge is 0.153 e. The zero-order chi connectivity index (χ0) is 13.8. The van der Waals surface area contributed by atoms with Crippen molar-refractivity contribution < 1.29 is 9.53 Å². The fourth-order valence-corrected chi connectivity index (χ4v) is 2.07. The summed E-state index contributed by atoms with van der Waals surface area (Å²) >= 11 is 0. The molecule has 0 aliphatic heterocycles. The van der Waals surface area contributed by atoms with Gasteiger partial charge >= 0.3 is 0 Å². The Balaban J connectivity index is 2.75. The highest BCUT2D eigenvalue weighted by Gasteiger charge is 2.13. The summed E-state index contributed by atoms with van der Waals surface area (Å²) in [5, 5.41) is 9.20. The maximum atomic E-state index is 11.0. The molecule has 2 aromatic carbocycles. The number of para-hydroxylation sites is 1. The van der Waals surface area contributed by atoms with E-state index in [-0.39, 0.29) is 0 Å². The molecule has 2 aromatic rings. The van der Waals surface area contributed by atoms with Gasteiger partial charge in [0.15, 0.2) is 6.29 Å². The maximum absolute atomic E-state index is 11.0. The van der Waals surface area contributed by atoms with Crippen molar-refractivity contribution in [3.8, 4) is 22.9 Å². The molecule has 0 bridgehead atoms. The summed E-state index contributed by atoms with van der Waals surface area (Å²) in [7, 11) is 1.52. The number of carbonyl (C=O) groups is 1. The van der Waals surface area contributed by atoms with Gasteiger partial charge in [-0.1, -0.05) is 23.8 Å². The molecule has 0 amide bonds. The van der Waals surface area contributed by atoms with Crippen LogP contribution in [-0.4, -0.2) is 13.4 Å². The summed E-state index contributed by atoms with van der Waals surface area (Å²) in [6, 6.07) is 13.1. The van der Waals surface area contributed by atoms with Crippen LogP contribution >= 0.6 is 0 Å². The number of ether oxygens (including phenoxy) is 1. The molecule has 94 valence electrons. The van der Waals surface area contributed by atoms with Gasteiger partial charge in [-0.05, 0) is 25.1 Å². The fourth-order valence-electron chi connectivity index (χ4n) is 2.07. The van der Waals surface area contributed by atoms with Gasteiger partial charge in [-0.15, -0.1) is 0 Å². The molecule has 0 fully saturated rings. The Kier molecular flexibility index (Phi) is 3.63. The van der Waals surface area contributed by atoms with Crippen molar-refractivity contribution in [1.29, 1.82) is 5.26 Å². The van der Waals surface area contributed by atoms with Crippen molar-refractivity contribution in [3.05, 3.63) is 53.1 Å². The number of hydrogen-bond donors (Lipinski definition) is 0. The minimum atomic E-state index is 0.477. The van der Waals surface area contributed by atoms with Crippen molar-refractivity contribution in [2.45, 2.75) is 6.92 Å². The van der Waals surface area contributed by atoms with Gasteiger partial charge in [-0.3, -0.25) is 4.79 Å². The number of aryl methyl sites for hydroxylation is 1. The highest BCUT2D eigenvalue weighted by atomic mass is 16.5. The largest absolute Gasteiger partial charge is 0.495 e. The average molecular weight is 251 g/mol. The predicted octanol–water partition coefficient (Wildman–Crippen LogP) is 3.35. The first-order valence-corrected chi connectivity index (χ1v) is 5.84. The zero-order valence-corrected chi connectivity index (χ0v) is 10.8. The Morgan fingerprint density at radius 3 is 2.63 bits per heavy atom. The van der Waals surface area contributed by atoms with Gasteiger partial charge in [0.25, 0.3) is 0 Å². The van der Waals surface area contributed by atoms with Crippen molar-refractivity contribution >= 4 is 6.29 Å². The Hall–Kier alpha value is -2.60. The molecule has 0 aliphatic carbocycles. The summed E-state index contributed by atoms with van der Waals surface area (Å²) in [5.74, 6) is 0.500. The van der Waals surface area contributed by atoms with Gasteiger partial charge < -0.3 is 4.74 Å². The van der Waals surface area contributed by atoms with E-state index in [9.17, 15) is 10.1 Å². The molecule has 0 unspecified atom stereocenters. The van der Waals surface area contributed by atoms with Crippen LogP contribution in [0.5, 0.6) is 5.75 Å². The van der Waals surface area contributed by atoms with E-state index >= 15 is 0 Å². The molecule has 0 saturated carbocycles. The normalized spacial score (nSPS) is 9.74. The molecule has 0 atom stereocenters. The van der Waals surface area contributed by atoms with Gasteiger partial charge in [-0.2, -0.15) is 5.26 Å². The minimum Gasteiger partial charge on any atom is -0.495 e. The van der Waals surface area contributed by atoms with Crippen molar-refractivity contribution in [1.82, 2.24) is 0 Å². The summed E-state index contributed by atoms with van der Waals surface area (Å²) in [6.45, 7) is 1.96. The van der Waals surface area contributed by atoms with E-state index in [4.69, 9.17) is 4.74 Å². The number of aldehydes is 1. The molecule has 3 nitrogen and oxygen atoms in total. The Bertz CT molecular complexity index is 669. The maximum Gasteiger partial charge on any atom is 0.153 e. The number of nitrogens with zero attached hydrogens (tertiary/aromatic N) is 1. The molecule has 19 heavy (non-hydrogen) atoms. The molecule has 3 heteroatoms. The van der Waals surface area contributed by atoms with Crippen LogP contribution in [0.4, 0.5) is 0 Å². The van der Waals surface area contributed by atoms with Crippen LogP contribution in [0.3, 0.4) is 0 Å². The van der Waals surface area contributed by atoms with Gasteiger partial charge in [0, 0.05) is 11.1 Å². The first-order valence-electron chi connectivity index (χ1n) is 5.84. The van der Waals surface area contributed by atoms with Crippen LogP contribution in [-0.2, 0) is 0 Å². The van der Waals surface area contributed by atoms with E-state index in [1.165, 1.54) is 7.11 Å². The number of methoxy groups -OCH3 is 1. The van der Waals surface area contributed by atoms with Crippen LogP contribution in [0.15, 0.2) is 36.4 Å². The monoisotopic (exact) mass is 251 g/mol. The second kappa shape index (κ2) is 5.36. The summed E-state index contributed by atoms with van der Waals surface area (Å²) in [4.78, 5) is 11.0. The van der Waals surface area contributed by atoms with Gasteiger partial charge in [0.2, 0.25) is 0 Å². The zero-order valence-electron chi connectivity index (χ0n) is 10.8. The predicted molar refractivity (Wildman–Crippen MR) is 73.3 cm³/mol. The second-order valence-electron chi connectivity index (χ2n) is 4.21. The van der Waals surface area contributed by atoms with Crippen LogP contribution in [0.2, 0.25) is 0 Å². The van der Waals surface area contributed by atoms with Crippen molar-refractivity contribution in [3.63, 3.8) is 0 Å². The van der Waals surface area contributed by atoms with E-state index in [0.29, 0.717) is 16.9 Å². The Morgan fingerprint density at radius 1 is 1.21 bits per heavy atom. The fraction of sp³-hybridized carbons (Fsp3) is 0.125. The quantitative estimate of drug-likeness (QED) is 0.786. The topological polar surface area (TPSA) is 50.1 Å². The van der Waals surface area contributed by atoms with Crippen molar-refractivity contribution in [2.75, 3.05) is 7.11 Å². The Labute approximate surface area is 112 Å². The highest BCUT2D eigenvalue weighted by molar-refractivity contribution is 5.87. The van der Waals surface area contributed by atoms with Crippen LogP contribution < -0.4 is 4.74 Å². The molecular weight excluding hydrogens is 238 g/mol. The third-order valence-corrected chi connectivity index (χ3v) is 2.96. The first kappa shape index (κ1) is 12.8. The molecule has 2 rings (SSSR count). The SMILES string of the molecule is COc1c(C=O)cccc1-c1cc(C)ccc1C#N. The molecule has 0 aliphatic rings. The van der Waals surface area contributed by atoms with E-state index in [1.807, 2.05) is 25.1 Å². The molecule has 0 aromatic heterocycles. The number of hydrogen-bond acceptors (Lipinski definition) is 3. The number of benzene rings is 2. The Morgan fingerprint density at radius 2 is 2.00 bits per heavy atom. The van der Waals surface area contributed by atoms with E-state index in [0.717, 1.165) is 23.0 Å². The van der Waals surface area contributed by atoms with Crippen molar-refractivity contribution in [2.24, 2.45) is 0 Å². The number of nitriles is 1. The third-order valence-electron chi connectivity index (χ3n) is 2.96. The lowest BCUT2D eigenvalue weighted by Crippen LogP contribution is -1.95. The average Bonchev–Trinajstić information content (AvgIpc) is 2.46. The third kappa shape index (κ3) is 2.34. The molecule has 0 N–H and O–H groups in total. The van der Waals surface area contributed by atoms with E-state index < -0.39 is 0 Å². The first-order chi connectivity index (χ1) is 9.21. The summed E-state index contributed by atoms with van der Waals surface area (Å²) in [6.07, 6.45) is 0.754. The van der Waals surface area contributed by atoms with Crippen LogP contribution in [0.1, 0.15) is 21.5 Å².